The second kappa shape index (κ2) is 7.53. The summed E-state index contributed by atoms with van der Waals surface area (Å²) in [5, 5.41) is 2.69. The summed E-state index contributed by atoms with van der Waals surface area (Å²) in [6.45, 7) is -3.20. The van der Waals surface area contributed by atoms with Gasteiger partial charge in [-0.1, -0.05) is 12.1 Å². The summed E-state index contributed by atoms with van der Waals surface area (Å²) in [7, 11) is 0. The van der Waals surface area contributed by atoms with Crippen LogP contribution in [-0.4, -0.2) is 31.1 Å². The first-order chi connectivity index (χ1) is 10.5. The molecule has 118 valence electrons. The van der Waals surface area contributed by atoms with Crippen LogP contribution in [0.15, 0.2) is 30.3 Å². The van der Waals surface area contributed by atoms with Gasteiger partial charge in [0.15, 0.2) is 6.61 Å². The van der Waals surface area contributed by atoms with Crippen LogP contribution in [0.3, 0.4) is 0 Å². The Labute approximate surface area is 125 Å². The van der Waals surface area contributed by atoms with Gasteiger partial charge in [-0.15, -0.1) is 0 Å². The predicted molar refractivity (Wildman–Crippen MR) is 74.2 cm³/mol. The molecule has 0 spiro atoms. The molecule has 1 aromatic carbocycles. The number of hydrogen-bond acceptors (Lipinski definition) is 4. The first-order valence-electron chi connectivity index (χ1n) is 6.72. The number of halogens is 2. The lowest BCUT2D eigenvalue weighted by Crippen LogP contribution is -2.30. The molecule has 0 atom stereocenters. The predicted octanol–water partition coefficient (Wildman–Crippen LogP) is 2.12. The number of amides is 1. The van der Waals surface area contributed by atoms with E-state index >= 15 is 0 Å². The first-order valence-corrected chi connectivity index (χ1v) is 6.72. The van der Waals surface area contributed by atoms with Gasteiger partial charge in [-0.3, -0.25) is 4.79 Å². The third kappa shape index (κ3) is 5.90. The summed E-state index contributed by atoms with van der Waals surface area (Å²) < 4.78 is 32.9. The van der Waals surface area contributed by atoms with Crippen molar-refractivity contribution in [3.05, 3.63) is 35.9 Å². The van der Waals surface area contributed by atoms with Gasteiger partial charge in [0, 0.05) is 12.1 Å². The van der Waals surface area contributed by atoms with Crippen molar-refractivity contribution in [2.75, 3.05) is 6.61 Å². The molecule has 0 saturated heterocycles. The second-order valence-corrected chi connectivity index (χ2v) is 4.73. The van der Waals surface area contributed by atoms with Crippen LogP contribution in [0.25, 0.3) is 6.08 Å². The number of carbonyl (C=O) groups excluding carboxylic acids is 2. The molecular formula is C15H15F2NO4. The van der Waals surface area contributed by atoms with Crippen LogP contribution in [0.4, 0.5) is 8.78 Å². The van der Waals surface area contributed by atoms with Crippen molar-refractivity contribution in [2.45, 2.75) is 25.5 Å². The Morgan fingerprint density at radius 3 is 2.55 bits per heavy atom. The van der Waals surface area contributed by atoms with Gasteiger partial charge in [-0.05, 0) is 36.6 Å². The minimum atomic E-state index is -2.88. The summed E-state index contributed by atoms with van der Waals surface area (Å²) in [5.74, 6) is -0.942. The molecule has 1 N–H and O–H groups in total. The van der Waals surface area contributed by atoms with E-state index in [1.165, 1.54) is 30.3 Å². The van der Waals surface area contributed by atoms with E-state index in [2.05, 4.69) is 10.1 Å². The highest BCUT2D eigenvalue weighted by Gasteiger charge is 2.23. The van der Waals surface area contributed by atoms with Gasteiger partial charge in [0.2, 0.25) is 0 Å². The number of hydrogen-bond donors (Lipinski definition) is 1. The van der Waals surface area contributed by atoms with E-state index in [4.69, 9.17) is 4.74 Å². The van der Waals surface area contributed by atoms with E-state index in [0.717, 1.165) is 18.9 Å². The van der Waals surface area contributed by atoms with Crippen LogP contribution in [-0.2, 0) is 14.3 Å². The number of alkyl halides is 2. The number of ether oxygens (including phenoxy) is 2. The molecule has 1 saturated carbocycles. The number of esters is 1. The van der Waals surface area contributed by atoms with E-state index in [1.54, 1.807) is 0 Å². The van der Waals surface area contributed by atoms with Crippen molar-refractivity contribution in [3.63, 3.8) is 0 Å². The largest absolute Gasteiger partial charge is 0.452 e. The Hall–Kier alpha value is -2.44. The van der Waals surface area contributed by atoms with Crippen LogP contribution in [0.2, 0.25) is 0 Å². The maximum Gasteiger partial charge on any atom is 0.387 e. The van der Waals surface area contributed by atoms with Crippen LogP contribution in [0, 0.1) is 0 Å². The molecule has 1 aliphatic carbocycles. The quantitative estimate of drug-likeness (QED) is 0.619. The van der Waals surface area contributed by atoms with Gasteiger partial charge < -0.3 is 14.8 Å². The Morgan fingerprint density at radius 2 is 1.95 bits per heavy atom. The molecule has 2 rings (SSSR count). The zero-order chi connectivity index (χ0) is 15.9. The van der Waals surface area contributed by atoms with Crippen molar-refractivity contribution in [2.24, 2.45) is 0 Å². The molecule has 1 aromatic rings. The maximum atomic E-state index is 12.0. The van der Waals surface area contributed by atoms with E-state index in [1.807, 2.05) is 0 Å². The highest BCUT2D eigenvalue weighted by Crippen LogP contribution is 2.18. The average molecular weight is 311 g/mol. The number of rotatable bonds is 7. The van der Waals surface area contributed by atoms with Gasteiger partial charge in [0.25, 0.3) is 5.91 Å². The molecule has 7 heteroatoms. The molecule has 0 aliphatic heterocycles. The number of carbonyl (C=O) groups is 2. The average Bonchev–Trinajstić information content (AvgIpc) is 3.28. The molecule has 0 aromatic heterocycles. The van der Waals surface area contributed by atoms with Crippen molar-refractivity contribution in [3.8, 4) is 5.75 Å². The van der Waals surface area contributed by atoms with Crippen LogP contribution >= 0.6 is 0 Å². The summed E-state index contributed by atoms with van der Waals surface area (Å²) in [4.78, 5) is 22.7. The van der Waals surface area contributed by atoms with Gasteiger partial charge in [0.05, 0.1) is 0 Å². The summed E-state index contributed by atoms with van der Waals surface area (Å²) in [6.07, 6.45) is 4.54. The normalized spacial score (nSPS) is 14.1. The minimum absolute atomic E-state index is 0.0338. The van der Waals surface area contributed by atoms with Gasteiger partial charge >= 0.3 is 12.6 Å². The van der Waals surface area contributed by atoms with Crippen molar-refractivity contribution >= 4 is 18.0 Å². The topological polar surface area (TPSA) is 64.6 Å². The smallest absolute Gasteiger partial charge is 0.387 e. The highest BCUT2D eigenvalue weighted by atomic mass is 19.3. The van der Waals surface area contributed by atoms with Gasteiger partial charge in [-0.2, -0.15) is 8.78 Å². The van der Waals surface area contributed by atoms with Crippen LogP contribution in [0.1, 0.15) is 18.4 Å². The monoisotopic (exact) mass is 311 g/mol. The van der Waals surface area contributed by atoms with E-state index < -0.39 is 12.6 Å². The number of benzene rings is 1. The first kappa shape index (κ1) is 15.9. The van der Waals surface area contributed by atoms with Crippen molar-refractivity contribution in [1.29, 1.82) is 0 Å². The Bertz CT molecular complexity index is 553. The minimum Gasteiger partial charge on any atom is -0.452 e. The van der Waals surface area contributed by atoms with E-state index in [0.29, 0.717) is 5.56 Å². The molecule has 0 radical (unpaired) electrons. The maximum absolute atomic E-state index is 12.0. The second-order valence-electron chi connectivity index (χ2n) is 4.73. The number of nitrogens with one attached hydrogen (secondary N) is 1. The van der Waals surface area contributed by atoms with Crippen LogP contribution < -0.4 is 10.1 Å². The Morgan fingerprint density at radius 1 is 1.27 bits per heavy atom. The third-order valence-electron chi connectivity index (χ3n) is 2.81. The molecule has 5 nitrogen and oxygen atoms in total. The van der Waals surface area contributed by atoms with E-state index in [9.17, 15) is 18.4 Å². The summed E-state index contributed by atoms with van der Waals surface area (Å²) in [6, 6.07) is 5.97. The lowest BCUT2D eigenvalue weighted by atomic mass is 10.2. The third-order valence-corrected chi connectivity index (χ3v) is 2.81. The van der Waals surface area contributed by atoms with Crippen LogP contribution in [0.5, 0.6) is 5.75 Å². The lowest BCUT2D eigenvalue weighted by Gasteiger charge is -2.04. The molecule has 1 fully saturated rings. The zero-order valence-corrected chi connectivity index (χ0v) is 11.6. The molecule has 1 aliphatic rings. The summed E-state index contributed by atoms with van der Waals surface area (Å²) >= 11 is 0. The SMILES string of the molecule is O=C(COC(=O)/C=C/c1ccc(OC(F)F)cc1)NC1CC1. The van der Waals surface area contributed by atoms with Gasteiger partial charge in [0.1, 0.15) is 5.75 Å². The Kier molecular flexibility index (Phi) is 5.46. The molecule has 22 heavy (non-hydrogen) atoms. The highest BCUT2D eigenvalue weighted by molar-refractivity contribution is 5.89. The fraction of sp³-hybridized carbons (Fsp3) is 0.333. The van der Waals surface area contributed by atoms with Crippen molar-refractivity contribution in [1.82, 2.24) is 5.32 Å². The summed E-state index contributed by atoms with van der Waals surface area (Å²) in [5.41, 5.74) is 0.612. The molecular weight excluding hydrogens is 296 g/mol. The van der Waals surface area contributed by atoms with Gasteiger partial charge in [-0.25, -0.2) is 4.79 Å². The zero-order valence-electron chi connectivity index (χ0n) is 11.6. The molecule has 0 heterocycles. The lowest BCUT2D eigenvalue weighted by molar-refractivity contribution is -0.143. The van der Waals surface area contributed by atoms with E-state index in [-0.39, 0.29) is 24.3 Å². The molecule has 1 amide bonds. The van der Waals surface area contributed by atoms with Crippen molar-refractivity contribution < 1.29 is 27.8 Å². The fourth-order valence-electron chi connectivity index (χ4n) is 1.61. The Balaban J connectivity index is 1.75. The fourth-order valence-corrected chi connectivity index (χ4v) is 1.61. The molecule has 0 unspecified atom stereocenters. The molecule has 0 bridgehead atoms. The standard InChI is InChI=1S/C15H15F2NO4/c16-15(17)22-12-6-1-10(2-7-12)3-8-14(20)21-9-13(19)18-11-4-5-11/h1-3,6-8,11,15H,4-5,9H2,(H,18,19)/b8-3+.